The largest absolute Gasteiger partial charge is 0.384 e. The highest BCUT2D eigenvalue weighted by Crippen LogP contribution is 2.18. The number of nitrogen functional groups attached to an aromatic ring is 1. The first-order chi connectivity index (χ1) is 10.1. The molecule has 21 heavy (non-hydrogen) atoms. The highest BCUT2D eigenvalue weighted by Gasteiger charge is 2.15. The average molecular weight is 305 g/mol. The summed E-state index contributed by atoms with van der Waals surface area (Å²) in [6.07, 6.45) is 2.15. The maximum atomic E-state index is 12.1. The lowest BCUT2D eigenvalue weighted by Crippen LogP contribution is -2.30. The van der Waals surface area contributed by atoms with Gasteiger partial charge >= 0.3 is 0 Å². The van der Waals surface area contributed by atoms with Crippen LogP contribution in [0.15, 0.2) is 36.5 Å². The molecule has 1 atom stereocenters. The van der Waals surface area contributed by atoms with Crippen LogP contribution in [0.1, 0.15) is 18.3 Å². The van der Waals surface area contributed by atoms with Gasteiger partial charge in [0.25, 0.3) is 0 Å². The summed E-state index contributed by atoms with van der Waals surface area (Å²) in [4.78, 5) is 20.2. The van der Waals surface area contributed by atoms with Crippen molar-refractivity contribution in [3.05, 3.63) is 52.9 Å². The Labute approximate surface area is 128 Å². The van der Waals surface area contributed by atoms with E-state index in [1.165, 1.54) is 0 Å². The Balaban J connectivity index is 1.90. The van der Waals surface area contributed by atoms with Crippen molar-refractivity contribution in [1.29, 1.82) is 0 Å². The third kappa shape index (κ3) is 4.43. The molecule has 1 unspecified atom stereocenters. The second-order valence-electron chi connectivity index (χ2n) is 4.81. The zero-order valence-electron chi connectivity index (χ0n) is 11.7. The van der Waals surface area contributed by atoms with E-state index in [2.05, 4.69) is 15.3 Å². The predicted molar refractivity (Wildman–Crippen MR) is 82.6 cm³/mol. The van der Waals surface area contributed by atoms with Gasteiger partial charge in [0, 0.05) is 17.1 Å². The van der Waals surface area contributed by atoms with Gasteiger partial charge in [-0.15, -0.1) is 0 Å². The van der Waals surface area contributed by atoms with Crippen LogP contribution in [0.25, 0.3) is 0 Å². The Kier molecular flexibility index (Phi) is 5.11. The van der Waals surface area contributed by atoms with Gasteiger partial charge in [-0.05, 0) is 24.1 Å². The summed E-state index contributed by atoms with van der Waals surface area (Å²) in [6.45, 7) is 2.12. The molecule has 0 saturated carbocycles. The Morgan fingerprint density at radius 2 is 2.14 bits per heavy atom. The molecular formula is C15H17ClN4O. The molecule has 3 N–H and O–H groups in total. The van der Waals surface area contributed by atoms with Crippen LogP contribution in [0.3, 0.4) is 0 Å². The number of amides is 1. The fourth-order valence-corrected chi connectivity index (χ4v) is 2.14. The molecule has 1 amide bonds. The van der Waals surface area contributed by atoms with Crippen LogP contribution in [-0.2, 0) is 17.8 Å². The van der Waals surface area contributed by atoms with E-state index in [1.807, 2.05) is 31.2 Å². The monoisotopic (exact) mass is 304 g/mol. The fraction of sp³-hybridized carbons (Fsp3) is 0.267. The highest BCUT2D eigenvalue weighted by atomic mass is 35.5. The number of nitrogens with zero attached hydrogens (tertiary/aromatic N) is 2. The topological polar surface area (TPSA) is 80.9 Å². The van der Waals surface area contributed by atoms with E-state index in [0.29, 0.717) is 23.1 Å². The number of nitrogens with two attached hydrogens (primary N) is 1. The van der Waals surface area contributed by atoms with Crippen LogP contribution in [0.2, 0.25) is 5.02 Å². The van der Waals surface area contributed by atoms with Crippen LogP contribution < -0.4 is 11.1 Å². The first-order valence-corrected chi connectivity index (χ1v) is 7.02. The Hall–Kier alpha value is -2.14. The summed E-state index contributed by atoms with van der Waals surface area (Å²) < 4.78 is 0. The number of rotatable bonds is 5. The summed E-state index contributed by atoms with van der Waals surface area (Å²) in [5, 5.41) is 3.48. The van der Waals surface area contributed by atoms with Gasteiger partial charge < -0.3 is 11.1 Å². The molecule has 0 aliphatic carbocycles. The van der Waals surface area contributed by atoms with Crippen molar-refractivity contribution in [3.8, 4) is 0 Å². The third-order valence-electron chi connectivity index (χ3n) is 3.08. The molecule has 6 heteroatoms. The lowest BCUT2D eigenvalue weighted by Gasteiger charge is -2.12. The van der Waals surface area contributed by atoms with Crippen molar-refractivity contribution in [2.24, 2.45) is 5.92 Å². The van der Waals surface area contributed by atoms with Crippen molar-refractivity contribution in [3.63, 3.8) is 0 Å². The van der Waals surface area contributed by atoms with Crippen LogP contribution >= 0.6 is 11.6 Å². The van der Waals surface area contributed by atoms with Gasteiger partial charge in [0.1, 0.15) is 11.6 Å². The summed E-state index contributed by atoms with van der Waals surface area (Å²) >= 11 is 6.10. The average Bonchev–Trinajstić information content (AvgIpc) is 2.47. The van der Waals surface area contributed by atoms with E-state index < -0.39 is 0 Å². The number of aromatic nitrogens is 2. The Morgan fingerprint density at radius 1 is 1.38 bits per heavy atom. The molecule has 1 heterocycles. The molecule has 0 aliphatic rings. The normalized spacial score (nSPS) is 11.9. The lowest BCUT2D eigenvalue weighted by atomic mass is 10.0. The summed E-state index contributed by atoms with van der Waals surface area (Å²) in [6, 6.07) is 9.13. The van der Waals surface area contributed by atoms with E-state index in [-0.39, 0.29) is 18.4 Å². The molecular weight excluding hydrogens is 288 g/mol. The summed E-state index contributed by atoms with van der Waals surface area (Å²) in [5.74, 6) is 0.624. The zero-order valence-corrected chi connectivity index (χ0v) is 12.5. The van der Waals surface area contributed by atoms with E-state index in [9.17, 15) is 4.79 Å². The van der Waals surface area contributed by atoms with Crippen molar-refractivity contribution in [1.82, 2.24) is 15.3 Å². The summed E-state index contributed by atoms with van der Waals surface area (Å²) in [7, 11) is 0. The molecule has 2 aromatic rings. The van der Waals surface area contributed by atoms with E-state index in [0.717, 1.165) is 5.56 Å². The van der Waals surface area contributed by atoms with E-state index >= 15 is 0 Å². The number of benzene rings is 1. The minimum Gasteiger partial charge on any atom is -0.384 e. The van der Waals surface area contributed by atoms with Crippen LogP contribution in [-0.4, -0.2) is 15.9 Å². The van der Waals surface area contributed by atoms with Gasteiger partial charge in [0.2, 0.25) is 5.91 Å². The fourth-order valence-electron chi connectivity index (χ4n) is 1.93. The maximum Gasteiger partial charge on any atom is 0.223 e. The van der Waals surface area contributed by atoms with Crippen LogP contribution in [0.5, 0.6) is 0 Å². The smallest absolute Gasteiger partial charge is 0.223 e. The van der Waals surface area contributed by atoms with Gasteiger partial charge in [-0.25, -0.2) is 9.97 Å². The molecule has 0 spiro atoms. The van der Waals surface area contributed by atoms with Gasteiger partial charge in [-0.3, -0.25) is 4.79 Å². The molecule has 0 aliphatic heterocycles. The van der Waals surface area contributed by atoms with Gasteiger partial charge in [0.05, 0.1) is 6.54 Å². The van der Waals surface area contributed by atoms with Gasteiger partial charge in [-0.1, -0.05) is 36.7 Å². The number of hydrogen-bond acceptors (Lipinski definition) is 4. The third-order valence-corrected chi connectivity index (χ3v) is 3.45. The Morgan fingerprint density at radius 3 is 2.86 bits per heavy atom. The second kappa shape index (κ2) is 7.04. The first kappa shape index (κ1) is 15.3. The summed E-state index contributed by atoms with van der Waals surface area (Å²) in [5.41, 5.74) is 6.53. The highest BCUT2D eigenvalue weighted by molar-refractivity contribution is 6.31. The molecule has 0 fully saturated rings. The molecule has 0 saturated heterocycles. The number of hydrogen-bond donors (Lipinski definition) is 2. The number of carbonyl (C=O) groups is 1. The Bertz CT molecular complexity index is 633. The molecule has 1 aromatic heterocycles. The van der Waals surface area contributed by atoms with Crippen molar-refractivity contribution < 1.29 is 4.79 Å². The number of nitrogens with one attached hydrogen (secondary N) is 1. The van der Waals surface area contributed by atoms with Crippen molar-refractivity contribution in [2.45, 2.75) is 19.9 Å². The number of carbonyl (C=O) groups excluding carboxylic acids is 1. The van der Waals surface area contributed by atoms with Crippen molar-refractivity contribution >= 4 is 23.3 Å². The molecule has 110 valence electrons. The minimum atomic E-state index is -0.189. The van der Waals surface area contributed by atoms with Crippen LogP contribution in [0, 0.1) is 5.92 Å². The lowest BCUT2D eigenvalue weighted by molar-refractivity contribution is -0.124. The minimum absolute atomic E-state index is 0.0686. The van der Waals surface area contributed by atoms with Gasteiger partial charge in [-0.2, -0.15) is 0 Å². The molecule has 2 rings (SSSR count). The van der Waals surface area contributed by atoms with Crippen LogP contribution in [0.4, 0.5) is 5.82 Å². The predicted octanol–water partition coefficient (Wildman–Crippen LogP) is 2.21. The second-order valence-corrected chi connectivity index (χ2v) is 5.22. The standard InChI is InChI=1S/C15H17ClN4O/c1-10(8-11-4-2-3-5-12(11)16)15(21)19-9-14-18-7-6-13(17)20-14/h2-7,10H,8-9H2,1H3,(H,19,21)(H2,17,18,20). The first-order valence-electron chi connectivity index (χ1n) is 6.65. The number of halogens is 1. The van der Waals surface area contributed by atoms with E-state index in [4.69, 9.17) is 17.3 Å². The SMILES string of the molecule is CC(Cc1ccccc1Cl)C(=O)NCc1nccc(N)n1. The van der Waals surface area contributed by atoms with E-state index in [1.54, 1.807) is 12.3 Å². The molecule has 0 radical (unpaired) electrons. The molecule has 0 bridgehead atoms. The molecule has 1 aromatic carbocycles. The maximum absolute atomic E-state index is 12.1. The molecule has 5 nitrogen and oxygen atoms in total. The number of anilines is 1. The van der Waals surface area contributed by atoms with Gasteiger partial charge in [0.15, 0.2) is 0 Å². The van der Waals surface area contributed by atoms with Crippen molar-refractivity contribution in [2.75, 3.05) is 5.73 Å². The quantitative estimate of drug-likeness (QED) is 0.887. The zero-order chi connectivity index (χ0) is 15.2.